The van der Waals surface area contributed by atoms with Crippen LogP contribution in [0.3, 0.4) is 0 Å². The van der Waals surface area contributed by atoms with Gasteiger partial charge in [0, 0.05) is 11.3 Å². The zero-order chi connectivity index (χ0) is 21.5. The van der Waals surface area contributed by atoms with Gasteiger partial charge in [-0.1, -0.05) is 74.1 Å². The van der Waals surface area contributed by atoms with E-state index in [9.17, 15) is 14.9 Å². The summed E-state index contributed by atoms with van der Waals surface area (Å²) in [4.78, 5) is 31.9. The number of rotatable bonds is 7. The van der Waals surface area contributed by atoms with E-state index in [2.05, 4.69) is 29.1 Å². The summed E-state index contributed by atoms with van der Waals surface area (Å²) in [5.41, 5.74) is 3.47. The van der Waals surface area contributed by atoms with Crippen LogP contribution in [0.5, 0.6) is 0 Å². The third-order valence-corrected chi connectivity index (χ3v) is 5.53. The lowest BCUT2D eigenvalue weighted by Crippen LogP contribution is -2.18. The Bertz CT molecular complexity index is 1130. The van der Waals surface area contributed by atoms with Crippen molar-refractivity contribution >= 4 is 23.4 Å². The maximum absolute atomic E-state index is 12.6. The molecule has 0 radical (unpaired) electrons. The fraction of sp³-hybridized carbons (Fsp3) is 0.217. The van der Waals surface area contributed by atoms with Crippen LogP contribution >= 0.6 is 11.8 Å². The Balaban J connectivity index is 1.80. The molecule has 1 heterocycles. The first kappa shape index (κ1) is 21.3. The first-order chi connectivity index (χ1) is 14.6. The van der Waals surface area contributed by atoms with E-state index in [1.54, 1.807) is 12.1 Å². The van der Waals surface area contributed by atoms with Crippen LogP contribution in [0.15, 0.2) is 58.5 Å². The Kier molecular flexibility index (Phi) is 7.04. The molecule has 0 aliphatic rings. The van der Waals surface area contributed by atoms with E-state index >= 15 is 0 Å². The predicted molar refractivity (Wildman–Crippen MR) is 120 cm³/mol. The summed E-state index contributed by atoms with van der Waals surface area (Å²) in [5, 5.41) is 12.7. The van der Waals surface area contributed by atoms with Crippen LogP contribution in [0.25, 0.3) is 11.3 Å². The van der Waals surface area contributed by atoms with Crippen molar-refractivity contribution in [3.8, 4) is 17.3 Å². The summed E-state index contributed by atoms with van der Waals surface area (Å²) in [7, 11) is 0. The summed E-state index contributed by atoms with van der Waals surface area (Å²) in [6.45, 7) is 4.10. The Morgan fingerprint density at radius 1 is 1.10 bits per heavy atom. The molecule has 152 valence electrons. The molecular weight excluding hydrogens is 396 g/mol. The van der Waals surface area contributed by atoms with E-state index < -0.39 is 5.56 Å². The molecule has 0 bridgehead atoms. The minimum Gasteiger partial charge on any atom is -0.325 e. The normalized spacial score (nSPS) is 10.4. The van der Waals surface area contributed by atoms with E-state index in [1.165, 1.54) is 0 Å². The number of hydrogen-bond acceptors (Lipinski definition) is 5. The maximum atomic E-state index is 12.6. The van der Waals surface area contributed by atoms with Gasteiger partial charge in [0.2, 0.25) is 5.91 Å². The number of aryl methyl sites for hydroxylation is 2. The number of nitriles is 1. The molecule has 0 fully saturated rings. The summed E-state index contributed by atoms with van der Waals surface area (Å²) < 4.78 is 0. The van der Waals surface area contributed by atoms with Crippen LogP contribution in [0.4, 0.5) is 5.69 Å². The van der Waals surface area contributed by atoms with Crippen LogP contribution in [0.2, 0.25) is 0 Å². The molecule has 1 aromatic heterocycles. The van der Waals surface area contributed by atoms with E-state index in [-0.39, 0.29) is 17.2 Å². The van der Waals surface area contributed by atoms with Crippen molar-refractivity contribution in [1.82, 2.24) is 9.97 Å². The maximum Gasteiger partial charge on any atom is 0.270 e. The second-order valence-electron chi connectivity index (χ2n) is 6.57. The number of nitrogens with one attached hydrogen (secondary N) is 2. The first-order valence-electron chi connectivity index (χ1n) is 9.70. The van der Waals surface area contributed by atoms with Crippen molar-refractivity contribution in [2.45, 2.75) is 31.8 Å². The van der Waals surface area contributed by atoms with Crippen molar-refractivity contribution in [2.75, 3.05) is 11.1 Å². The van der Waals surface area contributed by atoms with Crippen molar-refractivity contribution in [2.24, 2.45) is 0 Å². The highest BCUT2D eigenvalue weighted by atomic mass is 32.2. The predicted octanol–water partition coefficient (Wildman–Crippen LogP) is 4.16. The molecule has 30 heavy (non-hydrogen) atoms. The number of carbonyl (C=O) groups excluding carboxylic acids is 1. The molecule has 0 aliphatic carbocycles. The third-order valence-electron chi connectivity index (χ3n) is 4.66. The van der Waals surface area contributed by atoms with E-state index in [0.29, 0.717) is 16.4 Å². The second-order valence-corrected chi connectivity index (χ2v) is 7.53. The van der Waals surface area contributed by atoms with Gasteiger partial charge in [-0.3, -0.25) is 9.59 Å². The zero-order valence-corrected chi connectivity index (χ0v) is 17.7. The van der Waals surface area contributed by atoms with Crippen LogP contribution in [-0.2, 0) is 17.6 Å². The molecule has 1 amide bonds. The number of aromatic nitrogens is 2. The van der Waals surface area contributed by atoms with Gasteiger partial charge in [0.1, 0.15) is 11.6 Å². The lowest BCUT2D eigenvalue weighted by atomic mass is 10.0. The number of carbonyl (C=O) groups is 1. The number of H-pyrrole nitrogens is 1. The molecule has 0 spiro atoms. The Hall–Kier alpha value is -3.37. The molecule has 7 heteroatoms. The topological polar surface area (TPSA) is 98.6 Å². The zero-order valence-electron chi connectivity index (χ0n) is 16.9. The molecule has 0 atom stereocenters. The molecule has 0 saturated heterocycles. The SMILES string of the molecule is CCc1cccc(CC)c1NC(=O)CSc1nc(-c2ccccc2)c(C#N)c(=O)[nH]1. The minimum absolute atomic E-state index is 0.0422. The molecular formula is C23H22N4O2S. The van der Waals surface area contributed by atoms with Gasteiger partial charge in [-0.2, -0.15) is 5.26 Å². The molecule has 3 rings (SSSR count). The van der Waals surface area contributed by atoms with Crippen molar-refractivity contribution in [3.63, 3.8) is 0 Å². The van der Waals surface area contributed by atoms with E-state index in [0.717, 1.165) is 41.4 Å². The summed E-state index contributed by atoms with van der Waals surface area (Å²) in [6.07, 6.45) is 1.64. The number of para-hydroxylation sites is 1. The molecule has 3 aromatic rings. The van der Waals surface area contributed by atoms with Crippen LogP contribution in [0, 0.1) is 11.3 Å². The first-order valence-corrected chi connectivity index (χ1v) is 10.7. The monoisotopic (exact) mass is 418 g/mol. The number of aromatic amines is 1. The van der Waals surface area contributed by atoms with Gasteiger partial charge in [0.25, 0.3) is 5.56 Å². The average molecular weight is 419 g/mol. The summed E-state index contributed by atoms with van der Waals surface area (Å²) >= 11 is 1.13. The largest absolute Gasteiger partial charge is 0.325 e. The minimum atomic E-state index is -0.515. The quantitative estimate of drug-likeness (QED) is 0.443. The molecule has 2 aromatic carbocycles. The highest BCUT2D eigenvalue weighted by Crippen LogP contribution is 2.24. The molecule has 6 nitrogen and oxygen atoms in total. The fourth-order valence-corrected chi connectivity index (χ4v) is 3.80. The van der Waals surface area contributed by atoms with E-state index in [4.69, 9.17) is 0 Å². The lowest BCUT2D eigenvalue weighted by Gasteiger charge is -2.14. The van der Waals surface area contributed by atoms with Crippen molar-refractivity contribution < 1.29 is 4.79 Å². The molecule has 0 unspecified atom stereocenters. The molecule has 0 aliphatic heterocycles. The van der Waals surface area contributed by atoms with Crippen LogP contribution in [0.1, 0.15) is 30.5 Å². The molecule has 2 N–H and O–H groups in total. The Labute approximate surface area is 179 Å². The highest BCUT2D eigenvalue weighted by Gasteiger charge is 2.15. The molecule has 0 saturated carbocycles. The highest BCUT2D eigenvalue weighted by molar-refractivity contribution is 7.99. The standard InChI is InChI=1S/C23H22N4O2S/c1-3-15-11-8-12-16(4-2)20(15)25-19(28)14-30-23-26-21(17-9-6-5-7-10-17)18(13-24)22(29)27-23/h5-12H,3-4,14H2,1-2H3,(H,25,28)(H,26,27,29). The number of anilines is 1. The smallest absolute Gasteiger partial charge is 0.270 e. The van der Waals surface area contributed by atoms with Gasteiger partial charge in [-0.25, -0.2) is 4.98 Å². The van der Waals surface area contributed by atoms with Gasteiger partial charge in [0.15, 0.2) is 5.16 Å². The Morgan fingerprint density at radius 3 is 2.37 bits per heavy atom. The van der Waals surface area contributed by atoms with Gasteiger partial charge in [-0.05, 0) is 24.0 Å². The number of benzene rings is 2. The van der Waals surface area contributed by atoms with Gasteiger partial charge in [0.05, 0.1) is 11.4 Å². The van der Waals surface area contributed by atoms with Gasteiger partial charge < -0.3 is 10.3 Å². The third kappa shape index (κ3) is 4.78. The number of hydrogen-bond donors (Lipinski definition) is 2. The van der Waals surface area contributed by atoms with Crippen molar-refractivity contribution in [3.05, 3.63) is 75.6 Å². The average Bonchev–Trinajstić information content (AvgIpc) is 2.78. The van der Waals surface area contributed by atoms with E-state index in [1.807, 2.05) is 42.5 Å². The van der Waals surface area contributed by atoms with Crippen LogP contribution < -0.4 is 10.9 Å². The van der Waals surface area contributed by atoms with Crippen molar-refractivity contribution in [1.29, 1.82) is 5.26 Å². The second kappa shape index (κ2) is 9.90. The number of nitrogens with zero attached hydrogens (tertiary/aromatic N) is 2. The fourth-order valence-electron chi connectivity index (χ4n) is 3.14. The number of thioether (sulfide) groups is 1. The summed E-state index contributed by atoms with van der Waals surface area (Å²) in [5.74, 6) is -0.0894. The van der Waals surface area contributed by atoms with Gasteiger partial charge >= 0.3 is 0 Å². The lowest BCUT2D eigenvalue weighted by molar-refractivity contribution is -0.113. The number of amides is 1. The van der Waals surface area contributed by atoms with Crippen LogP contribution in [-0.4, -0.2) is 21.6 Å². The Morgan fingerprint density at radius 2 is 1.77 bits per heavy atom. The van der Waals surface area contributed by atoms with Gasteiger partial charge in [-0.15, -0.1) is 0 Å². The summed E-state index contributed by atoms with van der Waals surface area (Å²) in [6, 6.07) is 17.0.